The van der Waals surface area contributed by atoms with E-state index in [1.807, 2.05) is 26.8 Å². The SMILES string of the molecule is CC.CCN=C(SCC)c1ccnc(Nc2cc(C)cc(C)c2)n1. The van der Waals surface area contributed by atoms with Crippen LogP contribution in [0.15, 0.2) is 35.5 Å². The Morgan fingerprint density at radius 1 is 1.12 bits per heavy atom. The smallest absolute Gasteiger partial charge is 0.227 e. The fourth-order valence-electron chi connectivity index (χ4n) is 2.19. The van der Waals surface area contributed by atoms with Gasteiger partial charge in [-0.3, -0.25) is 4.99 Å². The molecular formula is C19H28N4S. The molecule has 4 nitrogen and oxygen atoms in total. The third-order valence-corrected chi connectivity index (χ3v) is 3.84. The average molecular weight is 345 g/mol. The van der Waals surface area contributed by atoms with Crippen LogP contribution >= 0.6 is 11.8 Å². The van der Waals surface area contributed by atoms with Gasteiger partial charge < -0.3 is 5.32 Å². The van der Waals surface area contributed by atoms with Crippen LogP contribution in [0.5, 0.6) is 0 Å². The Bertz CT molecular complexity index is 648. The molecule has 5 heteroatoms. The highest BCUT2D eigenvalue weighted by atomic mass is 32.2. The maximum absolute atomic E-state index is 4.59. The van der Waals surface area contributed by atoms with Crippen molar-refractivity contribution in [2.75, 3.05) is 17.6 Å². The first-order valence-corrected chi connectivity index (χ1v) is 9.47. The molecule has 0 fully saturated rings. The zero-order valence-electron chi connectivity index (χ0n) is 15.6. The minimum absolute atomic E-state index is 0.600. The van der Waals surface area contributed by atoms with Crippen molar-refractivity contribution in [3.05, 3.63) is 47.3 Å². The highest BCUT2D eigenvalue weighted by Gasteiger charge is 2.07. The number of aromatic nitrogens is 2. The number of hydrogen-bond donors (Lipinski definition) is 1. The summed E-state index contributed by atoms with van der Waals surface area (Å²) in [5, 5.41) is 4.25. The molecule has 1 aromatic heterocycles. The Morgan fingerprint density at radius 3 is 2.38 bits per heavy atom. The lowest BCUT2D eigenvalue weighted by Gasteiger charge is -2.09. The van der Waals surface area contributed by atoms with E-state index in [4.69, 9.17) is 0 Å². The summed E-state index contributed by atoms with van der Waals surface area (Å²) >= 11 is 1.71. The predicted molar refractivity (Wildman–Crippen MR) is 108 cm³/mol. The van der Waals surface area contributed by atoms with E-state index in [1.165, 1.54) is 11.1 Å². The number of anilines is 2. The van der Waals surface area contributed by atoms with Gasteiger partial charge in [-0.15, -0.1) is 11.8 Å². The molecule has 1 aromatic carbocycles. The summed E-state index contributed by atoms with van der Waals surface area (Å²) in [4.78, 5) is 13.4. The van der Waals surface area contributed by atoms with Crippen molar-refractivity contribution in [3.63, 3.8) is 0 Å². The summed E-state index contributed by atoms with van der Waals surface area (Å²) in [5.41, 5.74) is 4.31. The number of thioether (sulfide) groups is 1. The van der Waals surface area contributed by atoms with Gasteiger partial charge in [-0.25, -0.2) is 9.97 Å². The molecule has 0 amide bonds. The maximum atomic E-state index is 4.59. The van der Waals surface area contributed by atoms with Gasteiger partial charge >= 0.3 is 0 Å². The predicted octanol–water partition coefficient (Wildman–Crippen LogP) is 5.38. The van der Waals surface area contributed by atoms with Gasteiger partial charge in [0.1, 0.15) is 10.7 Å². The summed E-state index contributed by atoms with van der Waals surface area (Å²) in [7, 11) is 0. The lowest BCUT2D eigenvalue weighted by molar-refractivity contribution is 1.11. The van der Waals surface area contributed by atoms with E-state index < -0.39 is 0 Å². The Balaban J connectivity index is 0.00000139. The van der Waals surface area contributed by atoms with E-state index >= 15 is 0 Å². The molecule has 1 N–H and O–H groups in total. The largest absolute Gasteiger partial charge is 0.324 e. The minimum Gasteiger partial charge on any atom is -0.324 e. The number of nitrogens with one attached hydrogen (secondary N) is 1. The number of aryl methyl sites for hydroxylation is 2. The van der Waals surface area contributed by atoms with Crippen molar-refractivity contribution in [1.82, 2.24) is 9.97 Å². The van der Waals surface area contributed by atoms with Crippen LogP contribution in [-0.4, -0.2) is 27.3 Å². The van der Waals surface area contributed by atoms with Crippen LogP contribution in [0.2, 0.25) is 0 Å². The molecular weight excluding hydrogens is 316 g/mol. The molecule has 0 aliphatic carbocycles. The van der Waals surface area contributed by atoms with Gasteiger partial charge in [-0.05, 0) is 55.9 Å². The van der Waals surface area contributed by atoms with Crippen molar-refractivity contribution in [1.29, 1.82) is 0 Å². The van der Waals surface area contributed by atoms with E-state index in [0.29, 0.717) is 5.95 Å². The summed E-state index contributed by atoms with van der Waals surface area (Å²) in [6.45, 7) is 13.1. The van der Waals surface area contributed by atoms with Crippen LogP contribution < -0.4 is 5.32 Å². The van der Waals surface area contributed by atoms with Gasteiger partial charge in [-0.1, -0.05) is 26.8 Å². The zero-order valence-corrected chi connectivity index (χ0v) is 16.4. The van der Waals surface area contributed by atoms with E-state index in [0.717, 1.165) is 28.7 Å². The van der Waals surface area contributed by atoms with Crippen LogP contribution in [0.3, 0.4) is 0 Å². The molecule has 0 aliphatic heterocycles. The number of benzene rings is 1. The van der Waals surface area contributed by atoms with Crippen LogP contribution in [0.4, 0.5) is 11.6 Å². The molecule has 2 aromatic rings. The van der Waals surface area contributed by atoms with Crippen LogP contribution in [0, 0.1) is 13.8 Å². The van der Waals surface area contributed by atoms with Gasteiger partial charge in [0.05, 0.1) is 0 Å². The van der Waals surface area contributed by atoms with Crippen molar-refractivity contribution in [2.45, 2.75) is 41.5 Å². The van der Waals surface area contributed by atoms with Gasteiger partial charge in [-0.2, -0.15) is 0 Å². The lowest BCUT2D eigenvalue weighted by atomic mass is 10.1. The first-order chi connectivity index (χ1) is 11.6. The van der Waals surface area contributed by atoms with E-state index in [1.54, 1.807) is 18.0 Å². The number of nitrogens with zero attached hydrogens (tertiary/aromatic N) is 3. The normalized spacial score (nSPS) is 10.8. The number of hydrogen-bond acceptors (Lipinski definition) is 5. The Labute approximate surface area is 150 Å². The van der Waals surface area contributed by atoms with E-state index in [2.05, 4.69) is 59.2 Å². The van der Waals surface area contributed by atoms with E-state index in [-0.39, 0.29) is 0 Å². The molecule has 0 saturated heterocycles. The fourth-order valence-corrected chi connectivity index (χ4v) is 2.95. The highest BCUT2D eigenvalue weighted by molar-refractivity contribution is 8.14. The second-order valence-electron chi connectivity index (χ2n) is 4.98. The van der Waals surface area contributed by atoms with E-state index in [9.17, 15) is 0 Å². The second-order valence-corrected chi connectivity index (χ2v) is 6.23. The molecule has 0 unspecified atom stereocenters. The van der Waals surface area contributed by atoms with Crippen molar-refractivity contribution < 1.29 is 0 Å². The number of aliphatic imine (C=N–C) groups is 1. The molecule has 0 atom stereocenters. The third kappa shape index (κ3) is 6.32. The summed E-state index contributed by atoms with van der Waals surface area (Å²) in [5.74, 6) is 1.57. The maximum Gasteiger partial charge on any atom is 0.227 e. The minimum atomic E-state index is 0.600. The lowest BCUT2D eigenvalue weighted by Crippen LogP contribution is -2.05. The molecule has 0 radical (unpaired) electrons. The van der Waals surface area contributed by atoms with Gasteiger partial charge in [0.2, 0.25) is 5.95 Å². The van der Waals surface area contributed by atoms with Crippen LogP contribution in [0.25, 0.3) is 0 Å². The standard InChI is InChI=1S/C17H22N4S.C2H6/c1-5-18-16(22-6-2)15-7-8-19-17(21-15)20-14-10-12(3)9-13(4)11-14;1-2/h7-11H,5-6H2,1-4H3,(H,19,20,21);1-2H3. The molecule has 2 rings (SSSR count). The van der Waals surface area contributed by atoms with Gasteiger partial charge in [0.25, 0.3) is 0 Å². The molecule has 1 heterocycles. The second kappa shape index (κ2) is 10.8. The summed E-state index contributed by atoms with van der Waals surface area (Å²) < 4.78 is 0. The van der Waals surface area contributed by atoms with Gasteiger partial charge in [0, 0.05) is 18.4 Å². The quantitative estimate of drug-likeness (QED) is 0.584. The van der Waals surface area contributed by atoms with Crippen LogP contribution in [-0.2, 0) is 0 Å². The Morgan fingerprint density at radius 2 is 1.79 bits per heavy atom. The molecule has 0 spiro atoms. The topological polar surface area (TPSA) is 50.2 Å². The van der Waals surface area contributed by atoms with Crippen molar-refractivity contribution in [2.24, 2.45) is 4.99 Å². The average Bonchev–Trinajstić information content (AvgIpc) is 2.56. The summed E-state index contributed by atoms with van der Waals surface area (Å²) in [6.07, 6.45) is 1.77. The first-order valence-electron chi connectivity index (χ1n) is 8.48. The molecule has 0 bridgehead atoms. The monoisotopic (exact) mass is 344 g/mol. The van der Waals surface area contributed by atoms with Crippen molar-refractivity contribution in [3.8, 4) is 0 Å². The first kappa shape index (κ1) is 20.2. The molecule has 0 aliphatic rings. The highest BCUT2D eigenvalue weighted by Crippen LogP contribution is 2.18. The molecule has 130 valence electrons. The third-order valence-electron chi connectivity index (χ3n) is 2.94. The van der Waals surface area contributed by atoms with Crippen LogP contribution in [0.1, 0.15) is 44.5 Å². The summed E-state index contributed by atoms with van der Waals surface area (Å²) in [6, 6.07) is 8.23. The Kier molecular flexibility index (Phi) is 9.08. The number of rotatable bonds is 5. The zero-order chi connectivity index (χ0) is 17.9. The van der Waals surface area contributed by atoms with Gasteiger partial charge in [0.15, 0.2) is 0 Å². The molecule has 0 saturated carbocycles. The van der Waals surface area contributed by atoms with Crippen molar-refractivity contribution >= 4 is 28.4 Å². The Hall–Kier alpha value is -1.88. The molecule has 24 heavy (non-hydrogen) atoms. The fraction of sp³-hybridized carbons (Fsp3) is 0.421.